The molecule has 0 aliphatic rings. The fraction of sp³-hybridized carbons (Fsp3) is 0.714. The summed E-state index contributed by atoms with van der Waals surface area (Å²) in [6.45, 7) is 2.76. The first-order chi connectivity index (χ1) is 5.49. The van der Waals surface area contributed by atoms with Gasteiger partial charge in [0.05, 0.1) is 0 Å². The number of hydrogen-bond donors (Lipinski definition) is 2. The molecule has 0 aromatic carbocycles. The molecule has 0 aliphatic carbocycles. The summed E-state index contributed by atoms with van der Waals surface area (Å²) in [5.41, 5.74) is 5.57. The molecule has 0 radical (unpaired) electrons. The van der Waals surface area contributed by atoms with E-state index in [1.54, 1.807) is 23.9 Å². The fourth-order valence-corrected chi connectivity index (χ4v) is 0.456. The minimum atomic E-state index is 0.160. The van der Waals surface area contributed by atoms with Crippen LogP contribution >= 0.6 is 0 Å². The number of nitrogens with zero attached hydrogens (tertiary/aromatic N) is 3. The predicted molar refractivity (Wildman–Crippen MR) is 51.3 cm³/mol. The van der Waals surface area contributed by atoms with E-state index >= 15 is 0 Å². The number of nitrogens with one attached hydrogen (secondary N) is 1. The van der Waals surface area contributed by atoms with Gasteiger partial charge < -0.3 is 15.5 Å². The van der Waals surface area contributed by atoms with Gasteiger partial charge in [0.1, 0.15) is 0 Å². The van der Waals surface area contributed by atoms with Gasteiger partial charge in [-0.1, -0.05) is 0 Å². The van der Waals surface area contributed by atoms with E-state index in [9.17, 15) is 0 Å². The summed E-state index contributed by atoms with van der Waals surface area (Å²) < 4.78 is 0. The standard InChI is InChI=1S/C7H17N5/c1-5-12(4)7(9)10-6(8)11(2)3/h5H2,1-4H3,(H3,8,9,10). The molecule has 0 spiro atoms. The van der Waals surface area contributed by atoms with E-state index in [2.05, 4.69) is 4.99 Å². The number of nitrogens with two attached hydrogens (primary N) is 1. The third-order valence-electron chi connectivity index (χ3n) is 1.51. The highest BCUT2D eigenvalue weighted by Gasteiger charge is 2.01. The Morgan fingerprint density at radius 2 is 1.92 bits per heavy atom. The molecule has 5 nitrogen and oxygen atoms in total. The maximum Gasteiger partial charge on any atom is 0.220 e. The quantitative estimate of drug-likeness (QED) is 0.422. The van der Waals surface area contributed by atoms with Crippen molar-refractivity contribution in [2.45, 2.75) is 6.92 Å². The molecule has 0 saturated heterocycles. The van der Waals surface area contributed by atoms with Crippen molar-refractivity contribution >= 4 is 11.9 Å². The van der Waals surface area contributed by atoms with Crippen LogP contribution in [0.1, 0.15) is 6.92 Å². The fourth-order valence-electron chi connectivity index (χ4n) is 0.456. The van der Waals surface area contributed by atoms with Crippen LogP contribution in [0.4, 0.5) is 0 Å². The van der Waals surface area contributed by atoms with Gasteiger partial charge in [0.25, 0.3) is 0 Å². The van der Waals surface area contributed by atoms with Gasteiger partial charge >= 0.3 is 0 Å². The Bertz CT molecular complexity index is 184. The van der Waals surface area contributed by atoms with Crippen LogP contribution in [0.15, 0.2) is 4.99 Å². The topological polar surface area (TPSA) is 68.7 Å². The second kappa shape index (κ2) is 4.58. The second-order valence-electron chi connectivity index (χ2n) is 2.70. The maximum absolute atomic E-state index is 7.37. The molecule has 0 heterocycles. The van der Waals surface area contributed by atoms with Gasteiger partial charge in [-0.3, -0.25) is 5.41 Å². The average Bonchev–Trinajstić information content (AvgIpc) is 2.02. The molecule has 70 valence electrons. The van der Waals surface area contributed by atoms with Crippen molar-refractivity contribution in [1.82, 2.24) is 9.80 Å². The maximum atomic E-state index is 7.37. The smallest absolute Gasteiger partial charge is 0.220 e. The lowest BCUT2D eigenvalue weighted by Crippen LogP contribution is -2.35. The molecule has 0 fully saturated rings. The van der Waals surface area contributed by atoms with Crippen LogP contribution in [0.5, 0.6) is 0 Å². The van der Waals surface area contributed by atoms with Crippen molar-refractivity contribution in [3.8, 4) is 0 Å². The molecule has 0 unspecified atom stereocenters. The Balaban J connectivity index is 4.25. The third kappa shape index (κ3) is 3.23. The van der Waals surface area contributed by atoms with Crippen LogP contribution < -0.4 is 5.73 Å². The SMILES string of the molecule is CCN(C)C(N)=NC(=N)N(C)C. The van der Waals surface area contributed by atoms with E-state index in [0.29, 0.717) is 5.96 Å². The summed E-state index contributed by atoms with van der Waals surface area (Å²) in [5.74, 6) is 0.531. The molecule has 3 N–H and O–H groups in total. The number of rotatable bonds is 1. The number of guanidine groups is 2. The summed E-state index contributed by atoms with van der Waals surface area (Å²) >= 11 is 0. The lowest BCUT2D eigenvalue weighted by molar-refractivity contribution is 0.526. The molecular weight excluding hydrogens is 154 g/mol. The van der Waals surface area contributed by atoms with E-state index in [-0.39, 0.29) is 5.96 Å². The molecule has 12 heavy (non-hydrogen) atoms. The normalized spacial score (nSPS) is 11.2. The van der Waals surface area contributed by atoms with E-state index in [4.69, 9.17) is 11.1 Å². The molecule has 0 rings (SSSR count). The second-order valence-corrected chi connectivity index (χ2v) is 2.70. The van der Waals surface area contributed by atoms with Crippen LogP contribution in [0, 0.1) is 5.41 Å². The van der Waals surface area contributed by atoms with Gasteiger partial charge in [-0.25, -0.2) is 0 Å². The monoisotopic (exact) mass is 171 g/mol. The van der Waals surface area contributed by atoms with E-state index in [0.717, 1.165) is 6.54 Å². The first kappa shape index (κ1) is 10.7. The zero-order valence-corrected chi connectivity index (χ0v) is 8.13. The Morgan fingerprint density at radius 1 is 1.42 bits per heavy atom. The van der Waals surface area contributed by atoms with Crippen molar-refractivity contribution < 1.29 is 0 Å². The van der Waals surface area contributed by atoms with Crippen molar-refractivity contribution in [2.24, 2.45) is 10.7 Å². The van der Waals surface area contributed by atoms with Gasteiger partial charge in [-0.05, 0) is 6.92 Å². The molecule has 0 atom stereocenters. The van der Waals surface area contributed by atoms with Crippen molar-refractivity contribution in [2.75, 3.05) is 27.7 Å². The predicted octanol–water partition coefficient (Wildman–Crippen LogP) is -0.251. The zero-order valence-electron chi connectivity index (χ0n) is 8.13. The van der Waals surface area contributed by atoms with Gasteiger partial charge in [0.2, 0.25) is 5.96 Å². The molecule has 0 aliphatic heterocycles. The molecule has 0 bridgehead atoms. The lowest BCUT2D eigenvalue weighted by atomic mass is 10.6. The van der Waals surface area contributed by atoms with Crippen LogP contribution in [0.2, 0.25) is 0 Å². The average molecular weight is 171 g/mol. The summed E-state index contributed by atoms with van der Waals surface area (Å²) in [7, 11) is 5.35. The first-order valence-electron chi connectivity index (χ1n) is 3.80. The Morgan fingerprint density at radius 3 is 2.25 bits per heavy atom. The minimum absolute atomic E-state index is 0.160. The lowest BCUT2D eigenvalue weighted by Gasteiger charge is -2.16. The summed E-state index contributed by atoms with van der Waals surface area (Å²) in [6.07, 6.45) is 0. The molecule has 0 amide bonds. The Kier molecular flexibility index (Phi) is 4.10. The van der Waals surface area contributed by atoms with E-state index in [1.807, 2.05) is 14.0 Å². The van der Waals surface area contributed by atoms with Crippen molar-refractivity contribution in [1.29, 1.82) is 5.41 Å². The first-order valence-corrected chi connectivity index (χ1v) is 3.80. The Labute approximate surface area is 73.4 Å². The molecule has 0 aromatic heterocycles. The zero-order chi connectivity index (χ0) is 9.72. The van der Waals surface area contributed by atoms with E-state index in [1.165, 1.54) is 0 Å². The summed E-state index contributed by atoms with van der Waals surface area (Å²) in [4.78, 5) is 7.25. The third-order valence-corrected chi connectivity index (χ3v) is 1.51. The molecular formula is C7H17N5. The van der Waals surface area contributed by atoms with Gasteiger partial charge in [0, 0.05) is 27.7 Å². The van der Waals surface area contributed by atoms with Crippen LogP contribution in [-0.4, -0.2) is 49.4 Å². The van der Waals surface area contributed by atoms with Crippen molar-refractivity contribution in [3.05, 3.63) is 0 Å². The van der Waals surface area contributed by atoms with Crippen LogP contribution in [-0.2, 0) is 0 Å². The Hall–Kier alpha value is -1.26. The highest BCUT2D eigenvalue weighted by molar-refractivity contribution is 5.92. The highest BCUT2D eigenvalue weighted by atomic mass is 15.3. The van der Waals surface area contributed by atoms with Crippen LogP contribution in [0.3, 0.4) is 0 Å². The van der Waals surface area contributed by atoms with E-state index < -0.39 is 0 Å². The highest BCUT2D eigenvalue weighted by Crippen LogP contribution is 1.85. The molecule has 5 heteroatoms. The number of aliphatic imine (C=N–C) groups is 1. The van der Waals surface area contributed by atoms with Gasteiger partial charge in [0.15, 0.2) is 5.96 Å². The van der Waals surface area contributed by atoms with Gasteiger partial charge in [-0.2, -0.15) is 4.99 Å². The molecule has 0 aromatic rings. The van der Waals surface area contributed by atoms with Gasteiger partial charge in [-0.15, -0.1) is 0 Å². The summed E-state index contributed by atoms with van der Waals surface area (Å²) in [6, 6.07) is 0. The minimum Gasteiger partial charge on any atom is -0.369 e. The van der Waals surface area contributed by atoms with Crippen molar-refractivity contribution in [3.63, 3.8) is 0 Å². The van der Waals surface area contributed by atoms with Crippen LogP contribution in [0.25, 0.3) is 0 Å². The number of hydrogen-bond acceptors (Lipinski definition) is 1. The largest absolute Gasteiger partial charge is 0.369 e. The molecule has 0 saturated carbocycles. The summed E-state index contributed by atoms with van der Waals surface area (Å²) in [5, 5.41) is 7.37.